The van der Waals surface area contributed by atoms with Gasteiger partial charge < -0.3 is 14.7 Å². The quantitative estimate of drug-likeness (QED) is 0.673. The van der Waals surface area contributed by atoms with Crippen LogP contribution in [-0.2, 0) is 9.53 Å². The zero-order valence-corrected chi connectivity index (χ0v) is 21.8. The third-order valence-corrected chi connectivity index (χ3v) is 8.10. The molecule has 2 amide bonds. The predicted octanol–water partition coefficient (Wildman–Crippen LogP) is 3.65. The van der Waals surface area contributed by atoms with E-state index in [2.05, 4.69) is 10.3 Å². The molecule has 37 heavy (non-hydrogen) atoms. The lowest BCUT2D eigenvalue weighted by molar-refractivity contribution is -0.152. The zero-order chi connectivity index (χ0) is 26.4. The van der Waals surface area contributed by atoms with Crippen molar-refractivity contribution in [3.63, 3.8) is 0 Å². The maximum atomic E-state index is 13.7. The molecule has 1 aromatic heterocycles. The normalized spacial score (nSPS) is 24.1. The van der Waals surface area contributed by atoms with Gasteiger partial charge in [-0.25, -0.2) is 13.9 Å². The summed E-state index contributed by atoms with van der Waals surface area (Å²) in [7, 11) is 0. The number of hydrogen-bond donors (Lipinski definition) is 1. The van der Waals surface area contributed by atoms with Gasteiger partial charge in [-0.2, -0.15) is 0 Å². The van der Waals surface area contributed by atoms with E-state index < -0.39 is 23.8 Å². The van der Waals surface area contributed by atoms with Crippen LogP contribution in [0.15, 0.2) is 30.5 Å². The van der Waals surface area contributed by atoms with Gasteiger partial charge in [0.2, 0.25) is 5.91 Å². The van der Waals surface area contributed by atoms with E-state index in [0.29, 0.717) is 19.6 Å². The lowest BCUT2D eigenvalue weighted by Gasteiger charge is -2.54. The second-order valence-electron chi connectivity index (χ2n) is 11.8. The van der Waals surface area contributed by atoms with Gasteiger partial charge in [0.05, 0.1) is 23.7 Å². The van der Waals surface area contributed by atoms with Crippen molar-refractivity contribution in [1.82, 2.24) is 24.8 Å². The third-order valence-electron chi connectivity index (χ3n) is 8.10. The number of likely N-dealkylation sites (tertiary alicyclic amines) is 2. The fourth-order valence-corrected chi connectivity index (χ4v) is 5.80. The van der Waals surface area contributed by atoms with Crippen molar-refractivity contribution in [2.24, 2.45) is 5.41 Å². The molecule has 0 bridgehead atoms. The number of aliphatic hydroxyl groups excluding tert-OH is 1. The first kappa shape index (κ1) is 25.6. The van der Waals surface area contributed by atoms with Gasteiger partial charge in [-0.05, 0) is 70.7 Å². The van der Waals surface area contributed by atoms with Crippen LogP contribution in [0.25, 0.3) is 5.69 Å². The second kappa shape index (κ2) is 9.70. The first-order chi connectivity index (χ1) is 17.5. The molecule has 10 heteroatoms. The van der Waals surface area contributed by atoms with Crippen LogP contribution in [0.3, 0.4) is 0 Å². The number of aromatic nitrogens is 3. The van der Waals surface area contributed by atoms with E-state index in [-0.39, 0.29) is 29.5 Å². The number of rotatable bonds is 3. The van der Waals surface area contributed by atoms with Crippen LogP contribution in [0, 0.1) is 11.2 Å². The lowest BCUT2D eigenvalue weighted by Crippen LogP contribution is -2.64. The molecule has 2 aliphatic heterocycles. The van der Waals surface area contributed by atoms with Crippen molar-refractivity contribution < 1.29 is 23.8 Å². The van der Waals surface area contributed by atoms with Gasteiger partial charge in [-0.3, -0.25) is 9.69 Å². The van der Waals surface area contributed by atoms with Crippen LogP contribution in [-0.4, -0.2) is 79.3 Å². The third kappa shape index (κ3) is 5.21. The van der Waals surface area contributed by atoms with Crippen LogP contribution in [0.4, 0.5) is 9.18 Å². The summed E-state index contributed by atoms with van der Waals surface area (Å²) in [6, 6.07) is 5.34. The number of ether oxygens (including phenoxy) is 1. The predicted molar refractivity (Wildman–Crippen MR) is 134 cm³/mol. The summed E-state index contributed by atoms with van der Waals surface area (Å²) >= 11 is 0. The van der Waals surface area contributed by atoms with Gasteiger partial charge in [-0.15, -0.1) is 5.10 Å². The molecule has 2 aromatic rings. The molecule has 1 saturated carbocycles. The summed E-state index contributed by atoms with van der Waals surface area (Å²) in [5, 5.41) is 19.5. The SMILES string of the molecule is CC(C)(C)OC(=O)N1CC2(CCC2)[C@H](O)C[C@H]1C(=O)N1CCC(c2cn(-c3ccc(F)cc3)nn2)CC1. The molecule has 5 rings (SSSR count). The van der Waals surface area contributed by atoms with Crippen LogP contribution in [0.5, 0.6) is 0 Å². The molecule has 200 valence electrons. The molecule has 2 saturated heterocycles. The Morgan fingerprint density at radius 3 is 2.41 bits per heavy atom. The summed E-state index contributed by atoms with van der Waals surface area (Å²) in [5.74, 6) is -0.289. The van der Waals surface area contributed by atoms with Gasteiger partial charge in [0, 0.05) is 37.4 Å². The average Bonchev–Trinajstić information content (AvgIpc) is 3.32. The molecule has 9 nitrogen and oxygen atoms in total. The van der Waals surface area contributed by atoms with Gasteiger partial charge in [-0.1, -0.05) is 11.6 Å². The van der Waals surface area contributed by atoms with E-state index >= 15 is 0 Å². The zero-order valence-electron chi connectivity index (χ0n) is 21.8. The van der Waals surface area contributed by atoms with Crippen molar-refractivity contribution in [3.05, 3.63) is 42.0 Å². The molecular weight excluding hydrogens is 477 g/mol. The molecule has 3 fully saturated rings. The number of piperidine rings is 2. The Bertz CT molecular complexity index is 1130. The molecule has 1 aliphatic carbocycles. The number of carbonyl (C=O) groups excluding carboxylic acids is 2. The highest BCUT2D eigenvalue weighted by Crippen LogP contribution is 2.49. The maximum Gasteiger partial charge on any atom is 0.410 e. The van der Waals surface area contributed by atoms with E-state index in [1.165, 1.54) is 12.1 Å². The first-order valence-electron chi connectivity index (χ1n) is 13.2. The second-order valence-corrected chi connectivity index (χ2v) is 11.8. The number of carbonyl (C=O) groups is 2. The number of nitrogens with zero attached hydrogens (tertiary/aromatic N) is 5. The van der Waals surface area contributed by atoms with Crippen molar-refractivity contribution in [2.75, 3.05) is 19.6 Å². The topological polar surface area (TPSA) is 101 Å². The molecule has 3 aliphatic rings. The van der Waals surface area contributed by atoms with Crippen molar-refractivity contribution in [2.45, 2.75) is 83.0 Å². The molecule has 1 spiro atoms. The number of benzene rings is 1. The molecule has 3 heterocycles. The Morgan fingerprint density at radius 1 is 1.14 bits per heavy atom. The number of amides is 2. The summed E-state index contributed by atoms with van der Waals surface area (Å²) in [6.45, 7) is 6.87. The van der Waals surface area contributed by atoms with E-state index in [4.69, 9.17) is 4.74 Å². The van der Waals surface area contributed by atoms with Crippen molar-refractivity contribution in [1.29, 1.82) is 0 Å². The minimum atomic E-state index is -0.730. The molecule has 1 N–H and O–H groups in total. The lowest BCUT2D eigenvalue weighted by atomic mass is 9.61. The standard InChI is InChI=1S/C27H36FN5O4/c1-26(2,3)37-25(36)32-17-27(11-4-12-27)23(34)15-22(32)24(35)31-13-9-18(10-14-31)21-16-33(30-29-21)20-7-5-19(28)6-8-20/h5-8,16,18,22-23,34H,4,9-15,17H2,1-3H3/t22-,23+/m0/s1. The van der Waals surface area contributed by atoms with Crippen LogP contribution < -0.4 is 0 Å². The smallest absolute Gasteiger partial charge is 0.410 e. The van der Waals surface area contributed by atoms with E-state index in [0.717, 1.165) is 43.5 Å². The van der Waals surface area contributed by atoms with Crippen LogP contribution in [0.2, 0.25) is 0 Å². The van der Waals surface area contributed by atoms with E-state index in [1.54, 1.807) is 26.6 Å². The Morgan fingerprint density at radius 2 is 1.81 bits per heavy atom. The van der Waals surface area contributed by atoms with Crippen LogP contribution >= 0.6 is 0 Å². The monoisotopic (exact) mass is 513 g/mol. The minimum absolute atomic E-state index is 0.132. The molecule has 0 radical (unpaired) electrons. The molecule has 0 unspecified atom stereocenters. The summed E-state index contributed by atoms with van der Waals surface area (Å²) in [4.78, 5) is 30.2. The largest absolute Gasteiger partial charge is 0.444 e. The first-order valence-corrected chi connectivity index (χ1v) is 13.2. The van der Waals surface area contributed by atoms with Crippen molar-refractivity contribution >= 4 is 12.0 Å². The number of aliphatic hydroxyl groups is 1. The van der Waals surface area contributed by atoms with E-state index in [1.807, 2.05) is 27.0 Å². The number of halogens is 1. The van der Waals surface area contributed by atoms with Gasteiger partial charge >= 0.3 is 6.09 Å². The molecular formula is C27H36FN5O4. The summed E-state index contributed by atoms with van der Waals surface area (Å²) in [5.41, 5.74) is 0.579. The fourth-order valence-electron chi connectivity index (χ4n) is 5.80. The Balaban J connectivity index is 1.25. The highest BCUT2D eigenvalue weighted by Gasteiger charge is 2.53. The highest BCUT2D eigenvalue weighted by atomic mass is 19.1. The average molecular weight is 514 g/mol. The van der Waals surface area contributed by atoms with E-state index in [9.17, 15) is 19.1 Å². The highest BCUT2D eigenvalue weighted by molar-refractivity contribution is 5.86. The fraction of sp³-hybridized carbons (Fsp3) is 0.630. The molecule has 2 atom stereocenters. The van der Waals surface area contributed by atoms with Gasteiger partial charge in [0.1, 0.15) is 17.5 Å². The minimum Gasteiger partial charge on any atom is -0.444 e. The Labute approximate surface area is 216 Å². The molecule has 1 aromatic carbocycles. The number of hydrogen-bond acceptors (Lipinski definition) is 6. The maximum absolute atomic E-state index is 13.7. The Kier molecular flexibility index (Phi) is 6.72. The van der Waals surface area contributed by atoms with Crippen LogP contribution in [0.1, 0.15) is 70.9 Å². The van der Waals surface area contributed by atoms with Gasteiger partial charge in [0.25, 0.3) is 0 Å². The Hall–Kier alpha value is -3.01. The van der Waals surface area contributed by atoms with Gasteiger partial charge in [0.15, 0.2) is 0 Å². The van der Waals surface area contributed by atoms with Crippen molar-refractivity contribution in [3.8, 4) is 5.69 Å². The summed E-state index contributed by atoms with van der Waals surface area (Å²) < 4.78 is 20.5. The summed E-state index contributed by atoms with van der Waals surface area (Å²) in [6.07, 6.45) is 5.19.